The first kappa shape index (κ1) is 14.1. The highest BCUT2D eigenvalue weighted by Crippen LogP contribution is 2.36. The van der Waals surface area contributed by atoms with E-state index in [1.807, 2.05) is 0 Å². The molecule has 3 N–H and O–H groups in total. The minimum atomic E-state index is -0.445. The lowest BCUT2D eigenvalue weighted by molar-refractivity contribution is -0.384. The van der Waals surface area contributed by atoms with Crippen LogP contribution in [0.4, 0.5) is 11.4 Å². The molecule has 0 radical (unpaired) electrons. The smallest absolute Gasteiger partial charge is 0.296 e. The summed E-state index contributed by atoms with van der Waals surface area (Å²) in [5, 5.41) is 27.5. The lowest BCUT2D eigenvalue weighted by atomic mass is 9.93. The fourth-order valence-electron chi connectivity index (χ4n) is 3.72. The van der Waals surface area contributed by atoms with Gasteiger partial charge in [0.25, 0.3) is 5.69 Å². The van der Waals surface area contributed by atoms with Gasteiger partial charge in [-0.05, 0) is 50.3 Å². The fraction of sp³-hybridized carbons (Fsp3) is 0.600. The third-order valence-electron chi connectivity index (χ3n) is 4.70. The first-order valence-electron chi connectivity index (χ1n) is 7.62. The summed E-state index contributed by atoms with van der Waals surface area (Å²) >= 11 is 0. The molecule has 6 heteroatoms. The molecule has 3 unspecified atom stereocenters. The zero-order chi connectivity index (χ0) is 14.8. The SMILES string of the molecule is O=[N+]([O-])c1cc(O)ccc1NC1CCCC1C1CCCN1. The Morgan fingerprint density at radius 3 is 2.86 bits per heavy atom. The van der Waals surface area contributed by atoms with Gasteiger partial charge in [-0.1, -0.05) is 6.42 Å². The summed E-state index contributed by atoms with van der Waals surface area (Å²) < 4.78 is 0. The third kappa shape index (κ3) is 2.95. The van der Waals surface area contributed by atoms with Crippen LogP contribution in [0.5, 0.6) is 5.75 Å². The zero-order valence-electron chi connectivity index (χ0n) is 11.9. The summed E-state index contributed by atoms with van der Waals surface area (Å²) in [7, 11) is 0. The maximum atomic E-state index is 11.1. The molecular weight excluding hydrogens is 270 g/mol. The summed E-state index contributed by atoms with van der Waals surface area (Å²) in [6.07, 6.45) is 5.78. The summed E-state index contributed by atoms with van der Waals surface area (Å²) in [6.45, 7) is 1.08. The van der Waals surface area contributed by atoms with Gasteiger partial charge in [-0.3, -0.25) is 10.1 Å². The molecule has 0 aromatic heterocycles. The van der Waals surface area contributed by atoms with Crippen molar-refractivity contribution in [3.63, 3.8) is 0 Å². The Bertz CT molecular complexity index is 529. The molecule has 3 rings (SSSR count). The van der Waals surface area contributed by atoms with Crippen molar-refractivity contribution in [2.24, 2.45) is 5.92 Å². The molecule has 1 aliphatic heterocycles. The molecule has 1 aromatic rings. The average molecular weight is 291 g/mol. The van der Waals surface area contributed by atoms with Crippen LogP contribution in [0.3, 0.4) is 0 Å². The van der Waals surface area contributed by atoms with Crippen molar-refractivity contribution in [2.45, 2.75) is 44.2 Å². The van der Waals surface area contributed by atoms with E-state index in [-0.39, 0.29) is 17.5 Å². The van der Waals surface area contributed by atoms with Gasteiger partial charge in [0.1, 0.15) is 11.4 Å². The quantitative estimate of drug-likeness (QED) is 0.451. The number of nitrogens with zero attached hydrogens (tertiary/aromatic N) is 1. The third-order valence-corrected chi connectivity index (χ3v) is 4.70. The number of phenols is 1. The van der Waals surface area contributed by atoms with Crippen LogP contribution in [0, 0.1) is 16.0 Å². The normalized spacial score (nSPS) is 28.7. The van der Waals surface area contributed by atoms with E-state index in [0.29, 0.717) is 17.6 Å². The van der Waals surface area contributed by atoms with Gasteiger partial charge < -0.3 is 15.7 Å². The molecule has 21 heavy (non-hydrogen) atoms. The van der Waals surface area contributed by atoms with E-state index in [0.717, 1.165) is 19.4 Å². The molecule has 1 saturated carbocycles. The van der Waals surface area contributed by atoms with E-state index in [4.69, 9.17) is 0 Å². The molecule has 3 atom stereocenters. The first-order valence-corrected chi connectivity index (χ1v) is 7.62. The molecule has 2 fully saturated rings. The maximum Gasteiger partial charge on any atom is 0.296 e. The number of hydrogen-bond donors (Lipinski definition) is 3. The number of nitro groups is 1. The molecule has 2 aliphatic rings. The van der Waals surface area contributed by atoms with Crippen molar-refractivity contribution >= 4 is 11.4 Å². The fourth-order valence-corrected chi connectivity index (χ4v) is 3.72. The Balaban J connectivity index is 1.77. The van der Waals surface area contributed by atoms with Gasteiger partial charge in [0.2, 0.25) is 0 Å². The van der Waals surface area contributed by atoms with Crippen molar-refractivity contribution in [1.82, 2.24) is 5.32 Å². The molecule has 1 aromatic carbocycles. The Morgan fingerprint density at radius 1 is 1.29 bits per heavy atom. The minimum absolute atomic E-state index is 0.0555. The molecule has 1 heterocycles. The predicted molar refractivity (Wildman–Crippen MR) is 80.5 cm³/mol. The molecule has 1 saturated heterocycles. The van der Waals surface area contributed by atoms with Crippen molar-refractivity contribution in [2.75, 3.05) is 11.9 Å². The van der Waals surface area contributed by atoms with Gasteiger partial charge in [-0.15, -0.1) is 0 Å². The molecule has 6 nitrogen and oxygen atoms in total. The van der Waals surface area contributed by atoms with E-state index in [9.17, 15) is 15.2 Å². The number of rotatable bonds is 4. The standard InChI is InChI=1S/C15H21N3O3/c19-10-6-7-14(15(9-10)18(20)21)17-13-4-1-3-11(13)12-5-2-8-16-12/h6-7,9,11-13,16-17,19H,1-5,8H2. The summed E-state index contributed by atoms with van der Waals surface area (Å²) in [6, 6.07) is 5.10. The van der Waals surface area contributed by atoms with Crippen LogP contribution < -0.4 is 10.6 Å². The van der Waals surface area contributed by atoms with E-state index in [1.165, 1.54) is 31.4 Å². The van der Waals surface area contributed by atoms with Crippen molar-refractivity contribution in [1.29, 1.82) is 0 Å². The highest BCUT2D eigenvalue weighted by molar-refractivity contribution is 5.64. The van der Waals surface area contributed by atoms with Crippen LogP contribution in [0.15, 0.2) is 18.2 Å². The van der Waals surface area contributed by atoms with Crippen LogP contribution in [0.25, 0.3) is 0 Å². The monoisotopic (exact) mass is 291 g/mol. The van der Waals surface area contributed by atoms with Crippen LogP contribution >= 0.6 is 0 Å². The Morgan fingerprint density at radius 2 is 2.14 bits per heavy atom. The average Bonchev–Trinajstić information content (AvgIpc) is 3.11. The second-order valence-corrected chi connectivity index (χ2v) is 6.01. The van der Waals surface area contributed by atoms with Gasteiger partial charge >= 0.3 is 0 Å². The summed E-state index contributed by atoms with van der Waals surface area (Å²) in [5.41, 5.74) is 0.452. The molecule has 0 bridgehead atoms. The largest absolute Gasteiger partial charge is 0.508 e. The number of phenolic OH excluding ortho intramolecular Hbond substituents is 1. The van der Waals surface area contributed by atoms with Crippen molar-refractivity contribution < 1.29 is 10.0 Å². The van der Waals surface area contributed by atoms with E-state index in [2.05, 4.69) is 10.6 Å². The van der Waals surface area contributed by atoms with E-state index in [1.54, 1.807) is 6.07 Å². The van der Waals surface area contributed by atoms with Crippen LogP contribution in [0.2, 0.25) is 0 Å². The van der Waals surface area contributed by atoms with Crippen molar-refractivity contribution in [3.05, 3.63) is 28.3 Å². The van der Waals surface area contributed by atoms with Crippen LogP contribution in [0.1, 0.15) is 32.1 Å². The van der Waals surface area contributed by atoms with Crippen molar-refractivity contribution in [3.8, 4) is 5.75 Å². The Labute approximate surface area is 123 Å². The highest BCUT2D eigenvalue weighted by Gasteiger charge is 2.35. The molecular formula is C15H21N3O3. The number of benzene rings is 1. The number of nitrogens with one attached hydrogen (secondary N) is 2. The molecule has 1 aliphatic carbocycles. The summed E-state index contributed by atoms with van der Waals surface area (Å²) in [5.74, 6) is 0.452. The van der Waals surface area contributed by atoms with Gasteiger partial charge in [-0.25, -0.2) is 0 Å². The molecule has 114 valence electrons. The van der Waals surface area contributed by atoms with Crippen LogP contribution in [-0.2, 0) is 0 Å². The topological polar surface area (TPSA) is 87.4 Å². The number of aromatic hydroxyl groups is 1. The first-order chi connectivity index (χ1) is 10.1. The zero-order valence-corrected chi connectivity index (χ0v) is 11.9. The number of anilines is 1. The van der Waals surface area contributed by atoms with E-state index >= 15 is 0 Å². The van der Waals surface area contributed by atoms with Gasteiger partial charge in [-0.2, -0.15) is 0 Å². The Hall–Kier alpha value is -1.82. The molecule has 0 amide bonds. The summed E-state index contributed by atoms with van der Waals surface area (Å²) in [4.78, 5) is 10.7. The molecule has 0 spiro atoms. The van der Waals surface area contributed by atoms with Gasteiger partial charge in [0.05, 0.1) is 11.0 Å². The maximum absolute atomic E-state index is 11.1. The minimum Gasteiger partial charge on any atom is -0.508 e. The second kappa shape index (κ2) is 5.89. The van der Waals surface area contributed by atoms with Crippen LogP contribution in [-0.4, -0.2) is 28.7 Å². The van der Waals surface area contributed by atoms with Gasteiger partial charge in [0, 0.05) is 12.1 Å². The number of hydrogen-bond acceptors (Lipinski definition) is 5. The predicted octanol–water partition coefficient (Wildman–Crippen LogP) is 2.63. The lowest BCUT2D eigenvalue weighted by Crippen LogP contribution is -2.38. The highest BCUT2D eigenvalue weighted by atomic mass is 16.6. The lowest BCUT2D eigenvalue weighted by Gasteiger charge is -2.27. The second-order valence-electron chi connectivity index (χ2n) is 6.01. The van der Waals surface area contributed by atoms with Gasteiger partial charge in [0.15, 0.2) is 0 Å². The number of nitro benzene ring substituents is 1. The van der Waals surface area contributed by atoms with E-state index < -0.39 is 4.92 Å². The Kier molecular flexibility index (Phi) is 3.96.